The van der Waals surface area contributed by atoms with Crippen LogP contribution in [0.3, 0.4) is 0 Å². The lowest BCUT2D eigenvalue weighted by molar-refractivity contribution is -0.137. The van der Waals surface area contributed by atoms with Crippen molar-refractivity contribution >= 4 is 17.5 Å². The molecule has 0 spiro atoms. The molecule has 1 aliphatic heterocycles. The summed E-state index contributed by atoms with van der Waals surface area (Å²) in [7, 11) is 1.59. The van der Waals surface area contributed by atoms with Gasteiger partial charge in [0.15, 0.2) is 0 Å². The molecule has 0 fully saturated rings. The molecule has 2 amide bonds. The molecule has 6 nitrogen and oxygen atoms in total. The highest BCUT2D eigenvalue weighted by Gasteiger charge is 2.33. The fourth-order valence-electron chi connectivity index (χ4n) is 2.42. The minimum atomic E-state index is -1.20. The fraction of sp³-hybridized carbons (Fsp3) is 0.222. The predicted octanol–water partition coefficient (Wildman–Crippen LogP) is 2.02. The Morgan fingerprint density at radius 3 is 2.71 bits per heavy atom. The number of benzene rings is 2. The van der Waals surface area contributed by atoms with Crippen molar-refractivity contribution in [1.82, 2.24) is 5.32 Å². The standard InChI is InChI=1S/C18H18N2O4/c1-11-3-8-15-14(9-11)20-18(22)16(24-15)17(21)19-10-12-4-6-13(23-2)7-5-12/h3-9,16H,10H2,1-2H3,(H,19,21)(H,20,22)/t16-/m1/s1. The Kier molecular flexibility index (Phi) is 4.37. The minimum absolute atomic E-state index is 0.302. The maximum absolute atomic E-state index is 12.3. The van der Waals surface area contributed by atoms with E-state index in [1.165, 1.54) is 0 Å². The Morgan fingerprint density at radius 2 is 2.00 bits per heavy atom. The number of fused-ring (bicyclic) bond motifs is 1. The molecule has 0 saturated carbocycles. The Balaban J connectivity index is 1.64. The molecule has 0 aromatic heterocycles. The summed E-state index contributed by atoms with van der Waals surface area (Å²) in [6, 6.07) is 12.7. The van der Waals surface area contributed by atoms with Crippen molar-refractivity contribution in [2.75, 3.05) is 12.4 Å². The number of amides is 2. The maximum Gasteiger partial charge on any atom is 0.275 e. The minimum Gasteiger partial charge on any atom is -0.497 e. The highest BCUT2D eigenvalue weighted by molar-refractivity contribution is 6.11. The normalized spacial score (nSPS) is 15.8. The van der Waals surface area contributed by atoms with Crippen LogP contribution in [0.25, 0.3) is 0 Å². The lowest BCUT2D eigenvalue weighted by Crippen LogP contribution is -2.48. The summed E-state index contributed by atoms with van der Waals surface area (Å²) in [5.74, 6) is 0.284. The molecule has 0 radical (unpaired) electrons. The van der Waals surface area contributed by atoms with Crippen LogP contribution in [-0.2, 0) is 16.1 Å². The third-order valence-corrected chi connectivity index (χ3v) is 3.74. The van der Waals surface area contributed by atoms with Crippen LogP contribution in [0.2, 0.25) is 0 Å². The average molecular weight is 326 g/mol. The molecular weight excluding hydrogens is 308 g/mol. The summed E-state index contributed by atoms with van der Waals surface area (Å²) in [6.45, 7) is 2.22. The number of carbonyl (C=O) groups excluding carboxylic acids is 2. The Labute approximate surface area is 139 Å². The van der Waals surface area contributed by atoms with E-state index >= 15 is 0 Å². The topological polar surface area (TPSA) is 76.7 Å². The fourth-order valence-corrected chi connectivity index (χ4v) is 2.42. The van der Waals surface area contributed by atoms with Gasteiger partial charge in [0.2, 0.25) is 0 Å². The molecule has 0 unspecified atom stereocenters. The van der Waals surface area contributed by atoms with Gasteiger partial charge in [0, 0.05) is 6.54 Å². The van der Waals surface area contributed by atoms with Crippen LogP contribution >= 0.6 is 0 Å². The SMILES string of the molecule is COc1ccc(CNC(=O)[C@H]2Oc3ccc(C)cc3NC2=O)cc1. The first-order chi connectivity index (χ1) is 11.6. The number of anilines is 1. The molecule has 0 bridgehead atoms. The second-order valence-corrected chi connectivity index (χ2v) is 5.55. The van der Waals surface area contributed by atoms with Crippen molar-refractivity contribution in [3.63, 3.8) is 0 Å². The van der Waals surface area contributed by atoms with Crippen molar-refractivity contribution in [2.45, 2.75) is 19.6 Å². The van der Waals surface area contributed by atoms with Gasteiger partial charge in [-0.3, -0.25) is 9.59 Å². The molecule has 3 rings (SSSR count). The lowest BCUT2D eigenvalue weighted by atomic mass is 10.1. The highest BCUT2D eigenvalue weighted by Crippen LogP contribution is 2.30. The van der Waals surface area contributed by atoms with Crippen LogP contribution in [-0.4, -0.2) is 25.0 Å². The number of hydrogen-bond donors (Lipinski definition) is 2. The second kappa shape index (κ2) is 6.62. The maximum atomic E-state index is 12.3. The van der Waals surface area contributed by atoms with Gasteiger partial charge in [-0.2, -0.15) is 0 Å². The average Bonchev–Trinajstić information content (AvgIpc) is 2.59. The van der Waals surface area contributed by atoms with Gasteiger partial charge in [-0.1, -0.05) is 18.2 Å². The van der Waals surface area contributed by atoms with E-state index in [1.807, 2.05) is 37.3 Å². The number of aryl methyl sites for hydroxylation is 1. The van der Waals surface area contributed by atoms with Crippen molar-refractivity contribution in [3.8, 4) is 11.5 Å². The summed E-state index contributed by atoms with van der Waals surface area (Å²) in [5, 5.41) is 5.42. The quantitative estimate of drug-likeness (QED) is 0.843. The van der Waals surface area contributed by atoms with E-state index in [0.717, 1.165) is 16.9 Å². The molecule has 2 aromatic carbocycles. The van der Waals surface area contributed by atoms with Crippen LogP contribution in [0.15, 0.2) is 42.5 Å². The van der Waals surface area contributed by atoms with Crippen LogP contribution in [0, 0.1) is 6.92 Å². The van der Waals surface area contributed by atoms with Gasteiger partial charge in [0.05, 0.1) is 12.8 Å². The largest absolute Gasteiger partial charge is 0.497 e. The molecule has 1 atom stereocenters. The summed E-state index contributed by atoms with van der Waals surface area (Å²) < 4.78 is 10.6. The van der Waals surface area contributed by atoms with E-state index in [2.05, 4.69) is 10.6 Å². The number of ether oxygens (including phenoxy) is 2. The number of rotatable bonds is 4. The van der Waals surface area contributed by atoms with Crippen molar-refractivity contribution in [1.29, 1.82) is 0 Å². The predicted molar refractivity (Wildman–Crippen MR) is 89.1 cm³/mol. The molecule has 2 N–H and O–H groups in total. The molecule has 0 aliphatic carbocycles. The second-order valence-electron chi connectivity index (χ2n) is 5.55. The monoisotopic (exact) mass is 326 g/mol. The van der Waals surface area contributed by atoms with E-state index in [-0.39, 0.29) is 0 Å². The van der Waals surface area contributed by atoms with Crippen LogP contribution in [0.4, 0.5) is 5.69 Å². The van der Waals surface area contributed by atoms with Crippen LogP contribution in [0.1, 0.15) is 11.1 Å². The third-order valence-electron chi connectivity index (χ3n) is 3.74. The first-order valence-corrected chi connectivity index (χ1v) is 7.55. The molecule has 24 heavy (non-hydrogen) atoms. The smallest absolute Gasteiger partial charge is 0.275 e. The van der Waals surface area contributed by atoms with Gasteiger partial charge in [-0.15, -0.1) is 0 Å². The molecule has 0 saturated heterocycles. The zero-order valence-electron chi connectivity index (χ0n) is 13.5. The number of carbonyl (C=O) groups is 2. The van der Waals surface area contributed by atoms with E-state index < -0.39 is 17.9 Å². The van der Waals surface area contributed by atoms with Gasteiger partial charge < -0.3 is 20.1 Å². The van der Waals surface area contributed by atoms with E-state index in [4.69, 9.17) is 9.47 Å². The third kappa shape index (κ3) is 3.32. The highest BCUT2D eigenvalue weighted by atomic mass is 16.5. The molecular formula is C18H18N2O4. The van der Waals surface area contributed by atoms with Gasteiger partial charge in [-0.05, 0) is 42.3 Å². The van der Waals surface area contributed by atoms with E-state index in [9.17, 15) is 9.59 Å². The molecule has 6 heteroatoms. The summed E-state index contributed by atoms with van der Waals surface area (Å²) >= 11 is 0. The van der Waals surface area contributed by atoms with Gasteiger partial charge >= 0.3 is 0 Å². The van der Waals surface area contributed by atoms with Crippen molar-refractivity contribution < 1.29 is 19.1 Å². The summed E-state index contributed by atoms with van der Waals surface area (Å²) in [6.07, 6.45) is -1.20. The van der Waals surface area contributed by atoms with E-state index in [1.54, 1.807) is 19.2 Å². The number of hydrogen-bond acceptors (Lipinski definition) is 4. The molecule has 124 valence electrons. The lowest BCUT2D eigenvalue weighted by Gasteiger charge is -2.25. The first kappa shape index (κ1) is 15.9. The Morgan fingerprint density at radius 1 is 1.25 bits per heavy atom. The first-order valence-electron chi connectivity index (χ1n) is 7.55. The van der Waals surface area contributed by atoms with Gasteiger partial charge in [0.1, 0.15) is 11.5 Å². The zero-order chi connectivity index (χ0) is 17.1. The zero-order valence-corrected chi connectivity index (χ0v) is 13.5. The van der Waals surface area contributed by atoms with Crippen LogP contribution < -0.4 is 20.1 Å². The molecule has 1 aliphatic rings. The summed E-state index contributed by atoms with van der Waals surface area (Å²) in [5.41, 5.74) is 2.48. The van der Waals surface area contributed by atoms with Gasteiger partial charge in [-0.25, -0.2) is 0 Å². The van der Waals surface area contributed by atoms with E-state index in [0.29, 0.717) is 18.0 Å². The molecule has 2 aromatic rings. The Hall–Kier alpha value is -3.02. The number of nitrogens with one attached hydrogen (secondary N) is 2. The van der Waals surface area contributed by atoms with Crippen LogP contribution in [0.5, 0.6) is 11.5 Å². The van der Waals surface area contributed by atoms with Crippen molar-refractivity contribution in [3.05, 3.63) is 53.6 Å². The molecule has 1 heterocycles. The van der Waals surface area contributed by atoms with Crippen molar-refractivity contribution in [2.24, 2.45) is 0 Å². The summed E-state index contributed by atoms with van der Waals surface area (Å²) in [4.78, 5) is 24.4. The van der Waals surface area contributed by atoms with Gasteiger partial charge in [0.25, 0.3) is 17.9 Å². The Bertz CT molecular complexity index is 771. The number of methoxy groups -OCH3 is 1.